The van der Waals surface area contributed by atoms with E-state index < -0.39 is 0 Å². The Bertz CT molecular complexity index is 769. The van der Waals surface area contributed by atoms with Crippen LogP contribution >= 0.6 is 0 Å². The molecule has 0 radical (unpaired) electrons. The third-order valence-electron chi connectivity index (χ3n) is 5.21. The van der Waals surface area contributed by atoms with Crippen LogP contribution in [-0.4, -0.2) is 70.8 Å². The second-order valence-corrected chi connectivity index (χ2v) is 6.91. The summed E-state index contributed by atoms with van der Waals surface area (Å²) in [5.41, 5.74) is 1.79. The summed E-state index contributed by atoms with van der Waals surface area (Å²) in [6.45, 7) is 5.10. The van der Waals surface area contributed by atoms with Crippen molar-refractivity contribution in [3.05, 3.63) is 36.7 Å². The lowest BCUT2D eigenvalue weighted by atomic mass is 10.2. The van der Waals surface area contributed by atoms with Gasteiger partial charge in [-0.3, -0.25) is 4.90 Å². The number of imidazole rings is 1. The van der Waals surface area contributed by atoms with Crippen molar-refractivity contribution in [2.45, 2.75) is 12.5 Å². The molecule has 0 aliphatic carbocycles. The number of urea groups is 1. The zero-order valence-corrected chi connectivity index (χ0v) is 15.1. The molecule has 26 heavy (non-hydrogen) atoms. The molecule has 2 saturated heterocycles. The van der Waals surface area contributed by atoms with Crippen LogP contribution in [0.3, 0.4) is 0 Å². The minimum Gasteiger partial charge on any atom is -0.379 e. The molecule has 2 amide bonds. The molecule has 3 heterocycles. The predicted molar refractivity (Wildman–Crippen MR) is 100 cm³/mol. The first-order valence-corrected chi connectivity index (χ1v) is 9.16. The molecule has 2 aliphatic rings. The number of likely N-dealkylation sites (tertiary alicyclic amines) is 1. The second-order valence-electron chi connectivity index (χ2n) is 6.91. The van der Waals surface area contributed by atoms with Crippen LogP contribution in [0.5, 0.6) is 0 Å². The lowest BCUT2D eigenvalue weighted by molar-refractivity contribution is 0.0192. The molecule has 1 unspecified atom stereocenters. The summed E-state index contributed by atoms with van der Waals surface area (Å²) >= 11 is 0. The standard InChI is InChI=1S/C19H25N5O2/c1-22-8-6-20-18(22)15-3-2-4-16(13-15)21-19(25)24-7-5-17(14-24)23-9-11-26-12-10-23/h2-4,6,8,13,17H,5,7,9-12,14H2,1H3,(H,21,25). The molecule has 2 fully saturated rings. The summed E-state index contributed by atoms with van der Waals surface area (Å²) in [6, 6.07) is 8.25. The van der Waals surface area contributed by atoms with Gasteiger partial charge in [-0.05, 0) is 18.6 Å². The van der Waals surface area contributed by atoms with Gasteiger partial charge in [-0.15, -0.1) is 0 Å². The van der Waals surface area contributed by atoms with E-state index in [0.29, 0.717) is 6.04 Å². The number of hydrogen-bond acceptors (Lipinski definition) is 4. The fourth-order valence-electron chi connectivity index (χ4n) is 3.75. The molecule has 0 spiro atoms. The summed E-state index contributed by atoms with van der Waals surface area (Å²) in [4.78, 5) is 21.4. The monoisotopic (exact) mass is 355 g/mol. The number of nitrogens with one attached hydrogen (secondary N) is 1. The summed E-state index contributed by atoms with van der Waals surface area (Å²) < 4.78 is 7.39. The second kappa shape index (κ2) is 7.47. The van der Waals surface area contributed by atoms with E-state index in [-0.39, 0.29) is 6.03 Å². The Hall–Kier alpha value is -2.38. The maximum Gasteiger partial charge on any atom is 0.321 e. The molecular formula is C19H25N5O2. The normalized spacial score (nSPS) is 21.1. The molecule has 1 N–H and O–H groups in total. The van der Waals surface area contributed by atoms with Crippen LogP contribution < -0.4 is 5.32 Å². The zero-order valence-electron chi connectivity index (χ0n) is 15.1. The Morgan fingerprint density at radius 3 is 2.88 bits per heavy atom. The molecule has 4 rings (SSSR count). The van der Waals surface area contributed by atoms with Crippen molar-refractivity contribution in [2.75, 3.05) is 44.7 Å². The van der Waals surface area contributed by atoms with Crippen molar-refractivity contribution in [3.8, 4) is 11.4 Å². The number of nitrogens with zero attached hydrogens (tertiary/aromatic N) is 4. The minimum absolute atomic E-state index is 0.0299. The van der Waals surface area contributed by atoms with E-state index in [0.717, 1.165) is 62.9 Å². The average Bonchev–Trinajstić information content (AvgIpc) is 3.32. The van der Waals surface area contributed by atoms with E-state index in [2.05, 4.69) is 15.2 Å². The summed E-state index contributed by atoms with van der Waals surface area (Å²) in [6.07, 6.45) is 4.72. The highest BCUT2D eigenvalue weighted by molar-refractivity contribution is 5.90. The van der Waals surface area contributed by atoms with Crippen LogP contribution in [0.2, 0.25) is 0 Å². The van der Waals surface area contributed by atoms with Gasteiger partial charge >= 0.3 is 6.03 Å². The first-order valence-electron chi connectivity index (χ1n) is 9.16. The quantitative estimate of drug-likeness (QED) is 0.915. The van der Waals surface area contributed by atoms with Crippen molar-refractivity contribution in [1.29, 1.82) is 0 Å². The Morgan fingerprint density at radius 1 is 1.27 bits per heavy atom. The number of rotatable bonds is 3. The van der Waals surface area contributed by atoms with Crippen LogP contribution in [0.15, 0.2) is 36.7 Å². The van der Waals surface area contributed by atoms with E-state index in [1.165, 1.54) is 0 Å². The SMILES string of the molecule is Cn1ccnc1-c1cccc(NC(=O)N2CCC(N3CCOCC3)C2)c1. The van der Waals surface area contributed by atoms with Crippen LogP contribution in [-0.2, 0) is 11.8 Å². The number of ether oxygens (including phenoxy) is 1. The molecule has 138 valence electrons. The summed E-state index contributed by atoms with van der Waals surface area (Å²) in [7, 11) is 1.96. The van der Waals surface area contributed by atoms with Crippen LogP contribution in [0, 0.1) is 0 Å². The molecule has 7 nitrogen and oxygen atoms in total. The molecule has 2 aliphatic heterocycles. The molecule has 1 aromatic heterocycles. The molecular weight excluding hydrogens is 330 g/mol. The van der Waals surface area contributed by atoms with Gasteiger partial charge in [0, 0.05) is 62.9 Å². The van der Waals surface area contributed by atoms with E-state index >= 15 is 0 Å². The molecule has 0 saturated carbocycles. The lowest BCUT2D eigenvalue weighted by Gasteiger charge is -2.32. The molecule has 2 aromatic rings. The van der Waals surface area contributed by atoms with Gasteiger partial charge in [0.2, 0.25) is 0 Å². The number of carbonyl (C=O) groups is 1. The number of hydrogen-bond donors (Lipinski definition) is 1. The van der Waals surface area contributed by atoms with Gasteiger partial charge in [0.25, 0.3) is 0 Å². The average molecular weight is 355 g/mol. The van der Waals surface area contributed by atoms with Gasteiger partial charge in [-0.25, -0.2) is 9.78 Å². The van der Waals surface area contributed by atoms with E-state index in [1.807, 2.05) is 47.0 Å². The number of anilines is 1. The fourth-order valence-corrected chi connectivity index (χ4v) is 3.75. The van der Waals surface area contributed by atoms with E-state index in [1.54, 1.807) is 6.20 Å². The number of aromatic nitrogens is 2. The molecule has 1 aromatic carbocycles. The zero-order chi connectivity index (χ0) is 17.9. The lowest BCUT2D eigenvalue weighted by Crippen LogP contribution is -2.45. The molecule has 7 heteroatoms. The fraction of sp³-hybridized carbons (Fsp3) is 0.474. The van der Waals surface area contributed by atoms with Crippen LogP contribution in [0.25, 0.3) is 11.4 Å². The van der Waals surface area contributed by atoms with Crippen LogP contribution in [0.4, 0.5) is 10.5 Å². The number of benzene rings is 1. The van der Waals surface area contributed by atoms with Crippen molar-refractivity contribution < 1.29 is 9.53 Å². The first kappa shape index (κ1) is 17.1. The number of morpholine rings is 1. The number of amides is 2. The minimum atomic E-state index is -0.0299. The van der Waals surface area contributed by atoms with Gasteiger partial charge in [-0.2, -0.15) is 0 Å². The Balaban J connectivity index is 1.38. The highest BCUT2D eigenvalue weighted by Crippen LogP contribution is 2.22. The van der Waals surface area contributed by atoms with Gasteiger partial charge in [0.05, 0.1) is 13.2 Å². The highest BCUT2D eigenvalue weighted by Gasteiger charge is 2.31. The van der Waals surface area contributed by atoms with Crippen molar-refractivity contribution in [2.24, 2.45) is 7.05 Å². The Kier molecular flexibility index (Phi) is 4.90. The van der Waals surface area contributed by atoms with Crippen LogP contribution in [0.1, 0.15) is 6.42 Å². The van der Waals surface area contributed by atoms with E-state index in [9.17, 15) is 4.79 Å². The van der Waals surface area contributed by atoms with Gasteiger partial charge in [0.1, 0.15) is 5.82 Å². The third kappa shape index (κ3) is 3.59. The highest BCUT2D eigenvalue weighted by atomic mass is 16.5. The topological polar surface area (TPSA) is 62.6 Å². The molecule has 1 atom stereocenters. The maximum absolute atomic E-state index is 12.7. The van der Waals surface area contributed by atoms with Gasteiger partial charge in [-0.1, -0.05) is 12.1 Å². The first-order chi connectivity index (χ1) is 12.7. The predicted octanol–water partition coefficient (Wildman–Crippen LogP) is 2.03. The number of aryl methyl sites for hydroxylation is 1. The number of carbonyl (C=O) groups excluding carboxylic acids is 1. The summed E-state index contributed by atoms with van der Waals surface area (Å²) in [5, 5.41) is 3.04. The van der Waals surface area contributed by atoms with Gasteiger partial charge < -0.3 is 19.5 Å². The molecule has 0 bridgehead atoms. The van der Waals surface area contributed by atoms with Gasteiger partial charge in [0.15, 0.2) is 0 Å². The van der Waals surface area contributed by atoms with Crippen molar-refractivity contribution >= 4 is 11.7 Å². The smallest absolute Gasteiger partial charge is 0.321 e. The van der Waals surface area contributed by atoms with Crippen molar-refractivity contribution in [3.63, 3.8) is 0 Å². The van der Waals surface area contributed by atoms with Crippen molar-refractivity contribution in [1.82, 2.24) is 19.4 Å². The largest absolute Gasteiger partial charge is 0.379 e. The van der Waals surface area contributed by atoms with E-state index in [4.69, 9.17) is 4.74 Å². The third-order valence-corrected chi connectivity index (χ3v) is 5.21. The Labute approximate surface area is 153 Å². The summed E-state index contributed by atoms with van der Waals surface area (Å²) in [5.74, 6) is 0.884. The Morgan fingerprint density at radius 2 is 2.12 bits per heavy atom. The maximum atomic E-state index is 12.7.